The summed E-state index contributed by atoms with van der Waals surface area (Å²) in [7, 11) is 1.71. The molecule has 0 amide bonds. The van der Waals surface area contributed by atoms with Crippen LogP contribution in [0.2, 0.25) is 0 Å². The van der Waals surface area contributed by atoms with Crippen molar-refractivity contribution in [2.45, 2.75) is 42.8 Å². The molecule has 2 aromatic rings. The molecule has 0 radical (unpaired) electrons. The number of aromatic amines is 1. The maximum atomic E-state index is 11.3. The van der Waals surface area contributed by atoms with Crippen LogP contribution in [-0.2, 0) is 7.05 Å². The summed E-state index contributed by atoms with van der Waals surface area (Å²) in [6, 6.07) is 8.84. The van der Waals surface area contributed by atoms with Gasteiger partial charge in [-0.05, 0) is 48.8 Å². The molecule has 0 saturated heterocycles. The van der Waals surface area contributed by atoms with Crippen LogP contribution < -0.4 is 11.0 Å². The van der Waals surface area contributed by atoms with E-state index < -0.39 is 0 Å². The summed E-state index contributed by atoms with van der Waals surface area (Å²) in [6.45, 7) is 5.40. The minimum Gasteiger partial charge on any atom is -0.310 e. The Kier molecular flexibility index (Phi) is 5.64. The lowest BCUT2D eigenvalue weighted by atomic mass is 10.0. The third-order valence-electron chi connectivity index (χ3n) is 3.38. The van der Waals surface area contributed by atoms with E-state index in [1.165, 1.54) is 21.9 Å². The molecule has 0 fully saturated rings. The molecule has 2 rings (SSSR count). The van der Waals surface area contributed by atoms with E-state index in [0.29, 0.717) is 11.2 Å². The maximum Gasteiger partial charge on any atom is 0.343 e. The first-order valence-corrected chi connectivity index (χ1v) is 8.10. The number of nitrogens with zero attached hydrogens (tertiary/aromatic N) is 2. The van der Waals surface area contributed by atoms with Crippen molar-refractivity contribution < 1.29 is 0 Å². The van der Waals surface area contributed by atoms with Crippen molar-refractivity contribution in [1.29, 1.82) is 0 Å². The highest BCUT2D eigenvalue weighted by Gasteiger charge is 2.09. The van der Waals surface area contributed by atoms with Gasteiger partial charge in [0.05, 0.1) is 0 Å². The second-order valence-corrected chi connectivity index (χ2v) is 6.00. The molecule has 0 aliphatic heterocycles. The molecule has 0 spiro atoms. The molecular formula is C15H22N4OS. The van der Waals surface area contributed by atoms with Gasteiger partial charge in [0.1, 0.15) is 0 Å². The Labute approximate surface area is 129 Å². The Morgan fingerprint density at radius 1 is 1.33 bits per heavy atom. The molecule has 0 saturated carbocycles. The third kappa shape index (κ3) is 3.98. The van der Waals surface area contributed by atoms with Gasteiger partial charge in [0.2, 0.25) is 0 Å². The number of nitrogens with one attached hydrogen (secondary N) is 2. The van der Waals surface area contributed by atoms with E-state index in [0.717, 1.165) is 24.3 Å². The van der Waals surface area contributed by atoms with Gasteiger partial charge in [0, 0.05) is 18.0 Å². The van der Waals surface area contributed by atoms with Crippen molar-refractivity contribution in [3.05, 3.63) is 40.3 Å². The summed E-state index contributed by atoms with van der Waals surface area (Å²) in [4.78, 5) is 12.4. The molecule has 1 aromatic heterocycles. The fourth-order valence-electron chi connectivity index (χ4n) is 2.11. The molecule has 0 bridgehead atoms. The smallest absolute Gasteiger partial charge is 0.310 e. The molecule has 6 heteroatoms. The molecule has 21 heavy (non-hydrogen) atoms. The SMILES string of the molecule is CCCNC(CC)c1ccc(Sc2n[nH]c(=O)n2C)cc1. The normalized spacial score (nSPS) is 12.5. The lowest BCUT2D eigenvalue weighted by molar-refractivity contribution is 0.518. The number of hydrogen-bond acceptors (Lipinski definition) is 4. The van der Waals surface area contributed by atoms with Gasteiger partial charge in [-0.15, -0.1) is 5.10 Å². The van der Waals surface area contributed by atoms with Crippen LogP contribution in [0.15, 0.2) is 39.1 Å². The van der Waals surface area contributed by atoms with Gasteiger partial charge in [-0.3, -0.25) is 4.57 Å². The molecule has 0 aliphatic rings. The number of hydrogen-bond donors (Lipinski definition) is 2. The number of aromatic nitrogens is 3. The Bertz CT molecular complexity index is 617. The number of H-pyrrole nitrogens is 1. The largest absolute Gasteiger partial charge is 0.343 e. The van der Waals surface area contributed by atoms with E-state index in [-0.39, 0.29) is 5.69 Å². The van der Waals surface area contributed by atoms with E-state index in [2.05, 4.69) is 53.6 Å². The van der Waals surface area contributed by atoms with Crippen molar-refractivity contribution in [2.24, 2.45) is 7.05 Å². The molecule has 1 heterocycles. The first kappa shape index (κ1) is 15.9. The van der Waals surface area contributed by atoms with Gasteiger partial charge < -0.3 is 5.32 Å². The Morgan fingerprint density at radius 2 is 2.05 bits per heavy atom. The zero-order valence-corrected chi connectivity index (χ0v) is 13.5. The van der Waals surface area contributed by atoms with Crippen LogP contribution in [0.5, 0.6) is 0 Å². The topological polar surface area (TPSA) is 62.7 Å². The zero-order chi connectivity index (χ0) is 15.2. The standard InChI is InChI=1S/C15H22N4OS/c1-4-10-16-13(5-2)11-6-8-12(9-7-11)21-15-18-17-14(20)19(15)3/h6-9,13,16H,4-5,10H2,1-3H3,(H,17,20). The van der Waals surface area contributed by atoms with Crippen molar-refractivity contribution in [3.63, 3.8) is 0 Å². The van der Waals surface area contributed by atoms with Crippen molar-refractivity contribution >= 4 is 11.8 Å². The Balaban J connectivity index is 2.07. The first-order valence-electron chi connectivity index (χ1n) is 7.28. The Morgan fingerprint density at radius 3 is 2.57 bits per heavy atom. The van der Waals surface area contributed by atoms with E-state index >= 15 is 0 Å². The quantitative estimate of drug-likeness (QED) is 0.825. The van der Waals surface area contributed by atoms with Crippen LogP contribution in [0.3, 0.4) is 0 Å². The van der Waals surface area contributed by atoms with E-state index in [1.807, 2.05) is 0 Å². The van der Waals surface area contributed by atoms with Crippen molar-refractivity contribution in [1.82, 2.24) is 20.1 Å². The summed E-state index contributed by atoms with van der Waals surface area (Å²) in [5.74, 6) is 0. The maximum absolute atomic E-state index is 11.3. The average Bonchev–Trinajstić information content (AvgIpc) is 2.81. The van der Waals surface area contributed by atoms with Crippen molar-refractivity contribution in [3.8, 4) is 0 Å². The van der Waals surface area contributed by atoms with Gasteiger partial charge in [-0.2, -0.15) is 0 Å². The summed E-state index contributed by atoms with van der Waals surface area (Å²) < 4.78 is 1.51. The monoisotopic (exact) mass is 306 g/mol. The second kappa shape index (κ2) is 7.47. The minimum absolute atomic E-state index is 0.191. The van der Waals surface area contributed by atoms with E-state index in [1.54, 1.807) is 7.05 Å². The molecular weight excluding hydrogens is 284 g/mol. The predicted octanol–water partition coefficient (Wildman–Crippen LogP) is 2.71. The number of rotatable bonds is 7. The van der Waals surface area contributed by atoms with Crippen LogP contribution in [0, 0.1) is 0 Å². The predicted molar refractivity (Wildman–Crippen MR) is 85.7 cm³/mol. The number of benzene rings is 1. The fourth-order valence-corrected chi connectivity index (χ4v) is 2.91. The summed E-state index contributed by atoms with van der Waals surface area (Å²) in [6.07, 6.45) is 2.21. The molecule has 1 aromatic carbocycles. The van der Waals surface area contributed by atoms with E-state index in [9.17, 15) is 4.79 Å². The zero-order valence-electron chi connectivity index (χ0n) is 12.7. The molecule has 1 atom stereocenters. The summed E-state index contributed by atoms with van der Waals surface area (Å²) in [5.41, 5.74) is 1.11. The highest BCUT2D eigenvalue weighted by molar-refractivity contribution is 7.99. The van der Waals surface area contributed by atoms with Gasteiger partial charge in [0.15, 0.2) is 5.16 Å². The molecule has 2 N–H and O–H groups in total. The average molecular weight is 306 g/mol. The summed E-state index contributed by atoms with van der Waals surface area (Å²) in [5, 5.41) is 10.7. The van der Waals surface area contributed by atoms with Gasteiger partial charge in [-0.25, -0.2) is 9.89 Å². The third-order valence-corrected chi connectivity index (χ3v) is 4.43. The molecule has 114 valence electrons. The van der Waals surface area contributed by atoms with Gasteiger partial charge in [0.25, 0.3) is 0 Å². The lowest BCUT2D eigenvalue weighted by Gasteiger charge is -2.17. The Hall–Kier alpha value is -1.53. The summed E-state index contributed by atoms with van der Waals surface area (Å²) >= 11 is 1.48. The highest BCUT2D eigenvalue weighted by atomic mass is 32.2. The second-order valence-electron chi connectivity index (χ2n) is 4.96. The lowest BCUT2D eigenvalue weighted by Crippen LogP contribution is -2.21. The van der Waals surface area contributed by atoms with Crippen LogP contribution in [-0.4, -0.2) is 21.3 Å². The molecule has 0 aliphatic carbocycles. The molecule has 1 unspecified atom stereocenters. The van der Waals surface area contributed by atoms with Crippen LogP contribution in [0.25, 0.3) is 0 Å². The first-order chi connectivity index (χ1) is 10.2. The van der Waals surface area contributed by atoms with Gasteiger partial charge in [-0.1, -0.05) is 26.0 Å². The fraction of sp³-hybridized carbons (Fsp3) is 0.467. The van der Waals surface area contributed by atoms with E-state index in [4.69, 9.17) is 0 Å². The van der Waals surface area contributed by atoms with Gasteiger partial charge >= 0.3 is 5.69 Å². The highest BCUT2D eigenvalue weighted by Crippen LogP contribution is 2.26. The van der Waals surface area contributed by atoms with Crippen LogP contribution in [0.1, 0.15) is 38.3 Å². The van der Waals surface area contributed by atoms with Crippen LogP contribution >= 0.6 is 11.8 Å². The van der Waals surface area contributed by atoms with Crippen molar-refractivity contribution in [2.75, 3.05) is 6.54 Å². The van der Waals surface area contributed by atoms with Crippen LogP contribution in [0.4, 0.5) is 0 Å². The molecule has 5 nitrogen and oxygen atoms in total. The minimum atomic E-state index is -0.191.